The van der Waals surface area contributed by atoms with E-state index >= 15 is 0 Å². The Morgan fingerprint density at radius 1 is 1.50 bits per heavy atom. The van der Waals surface area contributed by atoms with Gasteiger partial charge in [-0.1, -0.05) is 13.8 Å². The Hall–Kier alpha value is -1.52. The summed E-state index contributed by atoms with van der Waals surface area (Å²) in [4.78, 5) is 0. The number of nitrogens with two attached hydrogens (primary N) is 1. The Morgan fingerprint density at radius 3 is 2.88 bits per heavy atom. The molecule has 0 spiro atoms. The second kappa shape index (κ2) is 3.23. The molecule has 0 aliphatic heterocycles. The predicted octanol–water partition coefficient (Wildman–Crippen LogP) is 1.87. The smallest absolute Gasteiger partial charge is 0.182 e. The molecule has 0 amide bonds. The van der Waals surface area contributed by atoms with E-state index in [9.17, 15) is 0 Å². The summed E-state index contributed by atoms with van der Waals surface area (Å²) in [5.41, 5.74) is 7.97. The molecule has 1 saturated carbocycles. The van der Waals surface area contributed by atoms with Crippen LogP contribution in [-0.4, -0.2) is 20.0 Å². The minimum atomic E-state index is 0.563. The Balaban J connectivity index is 2.14. The lowest BCUT2D eigenvalue weighted by atomic mass is 10.2. The van der Waals surface area contributed by atoms with E-state index in [0.29, 0.717) is 17.7 Å². The lowest BCUT2D eigenvalue weighted by Crippen LogP contribution is -2.06. The number of aromatic amines is 1. The fourth-order valence-electron chi connectivity index (χ4n) is 2.13. The van der Waals surface area contributed by atoms with Crippen molar-refractivity contribution in [1.29, 1.82) is 0 Å². The van der Waals surface area contributed by atoms with Crippen LogP contribution in [-0.2, 0) is 6.54 Å². The minimum absolute atomic E-state index is 0.563. The molecule has 0 bridgehead atoms. The summed E-state index contributed by atoms with van der Waals surface area (Å²) in [5, 5.41) is 12.8. The third kappa shape index (κ3) is 1.38. The monoisotopic (exact) mass is 219 g/mol. The molecule has 1 fully saturated rings. The maximum atomic E-state index is 5.92. The van der Waals surface area contributed by atoms with Crippen molar-refractivity contribution in [1.82, 2.24) is 20.0 Å². The second-order valence-electron chi connectivity index (χ2n) is 5.07. The van der Waals surface area contributed by atoms with Gasteiger partial charge < -0.3 is 5.73 Å². The van der Waals surface area contributed by atoms with E-state index in [1.165, 1.54) is 12.8 Å². The van der Waals surface area contributed by atoms with Crippen molar-refractivity contribution < 1.29 is 0 Å². The van der Waals surface area contributed by atoms with Crippen LogP contribution >= 0.6 is 0 Å². The van der Waals surface area contributed by atoms with Crippen molar-refractivity contribution in [3.63, 3.8) is 0 Å². The molecule has 3 rings (SSSR count). The average Bonchev–Trinajstić information content (AvgIpc) is 2.90. The van der Waals surface area contributed by atoms with Gasteiger partial charge in [-0.05, 0) is 18.8 Å². The largest absolute Gasteiger partial charge is 0.383 e. The van der Waals surface area contributed by atoms with E-state index in [1.54, 1.807) is 0 Å². The van der Waals surface area contributed by atoms with Crippen LogP contribution in [0.15, 0.2) is 0 Å². The molecule has 0 aromatic carbocycles. The molecule has 16 heavy (non-hydrogen) atoms. The molecule has 5 heteroatoms. The summed E-state index contributed by atoms with van der Waals surface area (Å²) in [5.74, 6) is 1.83. The fourth-order valence-corrected chi connectivity index (χ4v) is 2.13. The van der Waals surface area contributed by atoms with Gasteiger partial charge in [0.25, 0.3) is 0 Å². The van der Waals surface area contributed by atoms with Crippen LogP contribution in [0.3, 0.4) is 0 Å². The number of aromatic nitrogens is 4. The van der Waals surface area contributed by atoms with Crippen LogP contribution < -0.4 is 5.73 Å². The number of nitrogen functional groups attached to an aromatic ring is 1. The summed E-state index contributed by atoms with van der Waals surface area (Å²) in [6, 6.07) is 0. The topological polar surface area (TPSA) is 72.5 Å². The highest BCUT2D eigenvalue weighted by atomic mass is 15.3. The summed E-state index contributed by atoms with van der Waals surface area (Å²) < 4.78 is 1.99. The molecule has 2 aromatic heterocycles. The van der Waals surface area contributed by atoms with Crippen LogP contribution in [0.1, 0.15) is 38.3 Å². The van der Waals surface area contributed by atoms with E-state index in [0.717, 1.165) is 23.3 Å². The highest BCUT2D eigenvalue weighted by molar-refractivity contribution is 5.89. The number of fused-ring (bicyclic) bond motifs is 1. The first-order valence-corrected chi connectivity index (χ1v) is 5.87. The second-order valence-corrected chi connectivity index (χ2v) is 5.07. The molecule has 0 unspecified atom stereocenters. The maximum absolute atomic E-state index is 5.92. The number of anilines is 1. The number of nitrogens with zero attached hydrogens (tertiary/aromatic N) is 3. The summed E-state index contributed by atoms with van der Waals surface area (Å²) in [7, 11) is 0. The van der Waals surface area contributed by atoms with Gasteiger partial charge in [0, 0.05) is 12.5 Å². The zero-order valence-corrected chi connectivity index (χ0v) is 9.70. The van der Waals surface area contributed by atoms with Crippen LogP contribution in [0.5, 0.6) is 0 Å². The molecule has 2 heterocycles. The van der Waals surface area contributed by atoms with Gasteiger partial charge in [-0.15, -0.1) is 0 Å². The highest BCUT2D eigenvalue weighted by Crippen LogP contribution is 2.43. The minimum Gasteiger partial charge on any atom is -0.383 e. The quantitative estimate of drug-likeness (QED) is 0.827. The van der Waals surface area contributed by atoms with Gasteiger partial charge in [0.1, 0.15) is 5.82 Å². The lowest BCUT2D eigenvalue weighted by molar-refractivity contribution is 0.488. The van der Waals surface area contributed by atoms with Crippen LogP contribution in [0.2, 0.25) is 0 Å². The summed E-state index contributed by atoms with van der Waals surface area (Å²) in [6.45, 7) is 5.26. The molecule has 5 nitrogen and oxygen atoms in total. The van der Waals surface area contributed by atoms with E-state index in [1.807, 2.05) is 4.68 Å². The van der Waals surface area contributed by atoms with E-state index < -0.39 is 0 Å². The molecule has 2 aromatic rings. The van der Waals surface area contributed by atoms with Crippen LogP contribution in [0.4, 0.5) is 5.82 Å². The Kier molecular flexibility index (Phi) is 1.96. The van der Waals surface area contributed by atoms with Crippen molar-refractivity contribution in [3.8, 4) is 0 Å². The Labute approximate surface area is 94.0 Å². The van der Waals surface area contributed by atoms with Crippen molar-refractivity contribution in [2.75, 3.05) is 5.73 Å². The van der Waals surface area contributed by atoms with Crippen molar-refractivity contribution >= 4 is 16.9 Å². The molecule has 0 atom stereocenters. The first-order valence-electron chi connectivity index (χ1n) is 5.87. The Morgan fingerprint density at radius 2 is 2.25 bits per heavy atom. The van der Waals surface area contributed by atoms with E-state index in [4.69, 9.17) is 5.73 Å². The molecule has 86 valence electrons. The standard InChI is InChI=1S/C11H17N5/c1-6(2)5-16-11-8(10(12)13-14-11)9(15-16)7-3-4-7/h6-7H,3-5H2,1-2H3,(H3,12,13,14). The zero-order chi connectivity index (χ0) is 11.3. The highest BCUT2D eigenvalue weighted by Gasteiger charge is 2.31. The first kappa shape index (κ1) is 9.69. The molecular weight excluding hydrogens is 202 g/mol. The van der Waals surface area contributed by atoms with Gasteiger partial charge in [-0.3, -0.25) is 5.10 Å². The van der Waals surface area contributed by atoms with Gasteiger partial charge in [-0.25, -0.2) is 4.68 Å². The van der Waals surface area contributed by atoms with E-state index in [-0.39, 0.29) is 0 Å². The lowest BCUT2D eigenvalue weighted by Gasteiger charge is -2.04. The van der Waals surface area contributed by atoms with Crippen molar-refractivity contribution in [2.45, 2.75) is 39.2 Å². The summed E-state index contributed by atoms with van der Waals surface area (Å²) >= 11 is 0. The average molecular weight is 219 g/mol. The van der Waals surface area contributed by atoms with Crippen LogP contribution in [0.25, 0.3) is 11.0 Å². The zero-order valence-electron chi connectivity index (χ0n) is 9.70. The van der Waals surface area contributed by atoms with Gasteiger partial charge in [-0.2, -0.15) is 10.2 Å². The van der Waals surface area contributed by atoms with Gasteiger partial charge in [0.15, 0.2) is 5.65 Å². The van der Waals surface area contributed by atoms with Gasteiger partial charge in [0.05, 0.1) is 11.1 Å². The van der Waals surface area contributed by atoms with Gasteiger partial charge >= 0.3 is 0 Å². The van der Waals surface area contributed by atoms with Crippen molar-refractivity contribution in [2.24, 2.45) is 5.92 Å². The molecule has 0 saturated heterocycles. The first-order chi connectivity index (χ1) is 7.66. The molecule has 0 radical (unpaired) electrons. The Bertz CT molecular complexity index is 518. The number of hydrogen-bond donors (Lipinski definition) is 2. The number of hydrogen-bond acceptors (Lipinski definition) is 3. The SMILES string of the molecule is CC(C)Cn1nc(C2CC2)c2c(N)[nH]nc21. The normalized spacial score (nSPS) is 16.4. The molecule has 1 aliphatic carbocycles. The van der Waals surface area contributed by atoms with E-state index in [2.05, 4.69) is 29.1 Å². The molecule has 1 aliphatic rings. The number of H-pyrrole nitrogens is 1. The third-order valence-corrected chi connectivity index (χ3v) is 3.01. The molecular formula is C11H17N5. The maximum Gasteiger partial charge on any atom is 0.182 e. The predicted molar refractivity (Wildman–Crippen MR) is 63.1 cm³/mol. The summed E-state index contributed by atoms with van der Waals surface area (Å²) in [6.07, 6.45) is 2.47. The van der Waals surface area contributed by atoms with Crippen LogP contribution in [0, 0.1) is 5.92 Å². The van der Waals surface area contributed by atoms with Gasteiger partial charge in [0.2, 0.25) is 0 Å². The third-order valence-electron chi connectivity index (χ3n) is 3.01. The fraction of sp³-hybridized carbons (Fsp3) is 0.636. The molecule has 3 N–H and O–H groups in total. The van der Waals surface area contributed by atoms with Crippen molar-refractivity contribution in [3.05, 3.63) is 5.69 Å². The number of nitrogens with one attached hydrogen (secondary N) is 1. The number of rotatable bonds is 3.